The largest absolute Gasteiger partial charge is 0.466 e. The predicted molar refractivity (Wildman–Crippen MR) is 82.2 cm³/mol. The molecule has 0 aliphatic heterocycles. The number of rotatable bonds is 5. The van der Waals surface area contributed by atoms with Crippen LogP contribution >= 0.6 is 11.8 Å². The standard InChI is InChI=1S/C13H15N3O5S/c1-8(9-5-4-6-21-9)15-16-13(14)22-10(12(18)20-3)7-11(17)19-2/h4-7H,1-3H3,(H2,14,16)/b10-7-,15-8+. The molecule has 1 heterocycles. The van der Waals surface area contributed by atoms with Crippen molar-refractivity contribution in [2.75, 3.05) is 14.2 Å². The molecule has 0 saturated heterocycles. The van der Waals surface area contributed by atoms with Crippen molar-refractivity contribution in [3.05, 3.63) is 35.1 Å². The maximum Gasteiger partial charge on any atom is 0.345 e. The van der Waals surface area contributed by atoms with Gasteiger partial charge in [-0.25, -0.2) is 9.59 Å². The van der Waals surface area contributed by atoms with Gasteiger partial charge in [0.25, 0.3) is 0 Å². The number of amidine groups is 1. The van der Waals surface area contributed by atoms with Crippen molar-refractivity contribution >= 4 is 34.6 Å². The van der Waals surface area contributed by atoms with Crippen molar-refractivity contribution < 1.29 is 23.5 Å². The van der Waals surface area contributed by atoms with Crippen molar-refractivity contribution in [2.45, 2.75) is 6.92 Å². The van der Waals surface area contributed by atoms with Gasteiger partial charge in [-0.05, 0) is 30.8 Å². The topological polar surface area (TPSA) is 116 Å². The first-order valence-electron chi connectivity index (χ1n) is 5.95. The fourth-order valence-electron chi connectivity index (χ4n) is 1.19. The van der Waals surface area contributed by atoms with Crippen LogP contribution in [0.5, 0.6) is 0 Å². The van der Waals surface area contributed by atoms with Gasteiger partial charge in [0, 0.05) is 6.08 Å². The Bertz CT molecular complexity index is 620. The molecule has 0 amide bonds. The number of thioether (sulfide) groups is 1. The highest BCUT2D eigenvalue weighted by atomic mass is 32.2. The first-order valence-corrected chi connectivity index (χ1v) is 6.77. The van der Waals surface area contributed by atoms with Crippen LogP contribution < -0.4 is 5.73 Å². The Labute approximate surface area is 131 Å². The zero-order valence-electron chi connectivity index (χ0n) is 12.2. The van der Waals surface area contributed by atoms with Crippen LogP contribution in [0.15, 0.2) is 44.0 Å². The molecule has 0 radical (unpaired) electrons. The molecule has 0 spiro atoms. The quantitative estimate of drug-likeness (QED) is 0.285. The maximum atomic E-state index is 11.5. The smallest absolute Gasteiger partial charge is 0.345 e. The van der Waals surface area contributed by atoms with Gasteiger partial charge >= 0.3 is 11.9 Å². The van der Waals surface area contributed by atoms with E-state index in [2.05, 4.69) is 19.7 Å². The van der Waals surface area contributed by atoms with Crippen molar-refractivity contribution in [1.29, 1.82) is 0 Å². The van der Waals surface area contributed by atoms with Gasteiger partial charge in [-0.3, -0.25) is 0 Å². The Balaban J connectivity index is 2.86. The summed E-state index contributed by atoms with van der Waals surface area (Å²) in [5.41, 5.74) is 6.17. The van der Waals surface area contributed by atoms with Gasteiger partial charge in [-0.1, -0.05) is 0 Å². The number of furan rings is 1. The molecular formula is C13H15N3O5S. The first kappa shape index (κ1) is 17.5. The summed E-state index contributed by atoms with van der Waals surface area (Å²) >= 11 is 0.736. The number of hydrogen-bond donors (Lipinski definition) is 1. The SMILES string of the molecule is COC(=O)/C=C(\S/C(N)=N/N=C(\C)c1ccco1)C(=O)OC. The van der Waals surface area contributed by atoms with Gasteiger partial charge in [0.1, 0.15) is 16.4 Å². The molecule has 8 nitrogen and oxygen atoms in total. The minimum atomic E-state index is -0.736. The van der Waals surface area contributed by atoms with E-state index in [1.165, 1.54) is 20.5 Å². The van der Waals surface area contributed by atoms with E-state index >= 15 is 0 Å². The van der Waals surface area contributed by atoms with E-state index in [1.807, 2.05) is 0 Å². The Kier molecular flexibility index (Phi) is 6.90. The lowest BCUT2D eigenvalue weighted by Gasteiger charge is -2.03. The number of nitrogens with two attached hydrogens (primary N) is 1. The van der Waals surface area contributed by atoms with E-state index in [-0.39, 0.29) is 10.1 Å². The van der Waals surface area contributed by atoms with Crippen molar-refractivity contribution in [3.8, 4) is 0 Å². The van der Waals surface area contributed by atoms with E-state index in [0.29, 0.717) is 11.5 Å². The number of nitrogens with zero attached hydrogens (tertiary/aromatic N) is 2. The molecule has 0 fully saturated rings. The lowest BCUT2D eigenvalue weighted by Crippen LogP contribution is -2.12. The molecule has 1 aromatic heterocycles. The lowest BCUT2D eigenvalue weighted by molar-refractivity contribution is -0.137. The van der Waals surface area contributed by atoms with Crippen molar-refractivity contribution in [3.63, 3.8) is 0 Å². The number of carbonyl (C=O) groups excluding carboxylic acids is 2. The molecule has 0 aliphatic rings. The van der Waals surface area contributed by atoms with E-state index < -0.39 is 11.9 Å². The average molecular weight is 325 g/mol. The van der Waals surface area contributed by atoms with E-state index in [0.717, 1.165) is 17.8 Å². The molecule has 0 bridgehead atoms. The van der Waals surface area contributed by atoms with Crippen LogP contribution in [-0.2, 0) is 19.1 Å². The van der Waals surface area contributed by atoms with Crippen molar-refractivity contribution in [1.82, 2.24) is 0 Å². The Hall–Kier alpha value is -2.55. The Morgan fingerprint density at radius 1 is 1.32 bits per heavy atom. The molecule has 9 heteroatoms. The molecule has 118 valence electrons. The minimum absolute atomic E-state index is 0.0496. The van der Waals surface area contributed by atoms with Crippen LogP contribution in [0.1, 0.15) is 12.7 Å². The number of carbonyl (C=O) groups is 2. The molecule has 0 aromatic carbocycles. The molecule has 0 unspecified atom stereocenters. The van der Waals surface area contributed by atoms with Crippen LogP contribution in [0.3, 0.4) is 0 Å². The third-order valence-corrected chi connectivity index (χ3v) is 3.02. The highest BCUT2D eigenvalue weighted by molar-refractivity contribution is 8.17. The van der Waals surface area contributed by atoms with Crippen LogP contribution in [-0.4, -0.2) is 37.0 Å². The van der Waals surface area contributed by atoms with Crippen LogP contribution in [0.25, 0.3) is 0 Å². The van der Waals surface area contributed by atoms with Gasteiger partial charge in [-0.15, -0.1) is 10.2 Å². The third-order valence-electron chi connectivity index (χ3n) is 2.23. The van der Waals surface area contributed by atoms with Gasteiger partial charge in [0.2, 0.25) is 0 Å². The van der Waals surface area contributed by atoms with Gasteiger partial charge in [0.05, 0.1) is 20.5 Å². The summed E-state index contributed by atoms with van der Waals surface area (Å²) in [5, 5.41) is 7.58. The molecule has 0 saturated carbocycles. The lowest BCUT2D eigenvalue weighted by atomic mass is 10.3. The zero-order valence-corrected chi connectivity index (χ0v) is 13.0. The Morgan fingerprint density at radius 3 is 2.59 bits per heavy atom. The molecule has 22 heavy (non-hydrogen) atoms. The van der Waals surface area contributed by atoms with Gasteiger partial charge in [0.15, 0.2) is 5.17 Å². The third kappa shape index (κ3) is 5.44. The van der Waals surface area contributed by atoms with E-state index in [4.69, 9.17) is 10.2 Å². The fourth-order valence-corrected chi connectivity index (χ4v) is 1.82. The molecule has 2 N–H and O–H groups in total. The van der Waals surface area contributed by atoms with E-state index in [1.54, 1.807) is 19.1 Å². The zero-order chi connectivity index (χ0) is 16.5. The Morgan fingerprint density at radius 2 is 2.05 bits per heavy atom. The number of hydrogen-bond acceptors (Lipinski definition) is 8. The summed E-state index contributed by atoms with van der Waals surface area (Å²) in [4.78, 5) is 22.7. The molecular weight excluding hydrogens is 310 g/mol. The van der Waals surface area contributed by atoms with Crippen molar-refractivity contribution in [2.24, 2.45) is 15.9 Å². The van der Waals surface area contributed by atoms with Gasteiger partial charge < -0.3 is 19.6 Å². The van der Waals surface area contributed by atoms with E-state index in [9.17, 15) is 9.59 Å². The molecule has 1 rings (SSSR count). The summed E-state index contributed by atoms with van der Waals surface area (Å²) in [7, 11) is 2.37. The predicted octanol–water partition coefficient (Wildman–Crippen LogP) is 1.28. The number of methoxy groups -OCH3 is 2. The normalized spacial score (nSPS) is 13.0. The summed E-state index contributed by atoms with van der Waals surface area (Å²) < 4.78 is 14.1. The summed E-state index contributed by atoms with van der Waals surface area (Å²) in [6, 6.07) is 3.43. The van der Waals surface area contributed by atoms with Gasteiger partial charge in [-0.2, -0.15) is 0 Å². The maximum absolute atomic E-state index is 11.5. The fraction of sp³-hybridized carbons (Fsp3) is 0.231. The second-order valence-corrected chi connectivity index (χ2v) is 4.79. The summed E-state index contributed by atoms with van der Waals surface area (Å²) in [5.74, 6) is -0.906. The summed E-state index contributed by atoms with van der Waals surface area (Å²) in [6.45, 7) is 1.69. The van der Waals surface area contributed by atoms with Crippen LogP contribution in [0.2, 0.25) is 0 Å². The minimum Gasteiger partial charge on any atom is -0.466 e. The highest BCUT2D eigenvalue weighted by Crippen LogP contribution is 2.17. The van der Waals surface area contributed by atoms with Crippen LogP contribution in [0.4, 0.5) is 0 Å². The van der Waals surface area contributed by atoms with Crippen LogP contribution in [0, 0.1) is 0 Å². The second-order valence-electron chi connectivity index (χ2n) is 3.73. The second kappa shape index (κ2) is 8.67. The first-order chi connectivity index (χ1) is 10.5. The molecule has 0 aliphatic carbocycles. The summed E-state index contributed by atoms with van der Waals surface area (Å²) in [6.07, 6.45) is 2.46. The number of ether oxygens (including phenoxy) is 2. The number of esters is 2. The average Bonchev–Trinajstić information content (AvgIpc) is 3.05. The monoisotopic (exact) mass is 325 g/mol. The molecule has 1 aromatic rings. The highest BCUT2D eigenvalue weighted by Gasteiger charge is 2.15. The molecule has 0 atom stereocenters.